The lowest BCUT2D eigenvalue weighted by molar-refractivity contribution is -0.142. The molecule has 0 heterocycles. The number of fused-ring (bicyclic) bond motifs is 1. The summed E-state index contributed by atoms with van der Waals surface area (Å²) in [5.41, 5.74) is 0.837. The second kappa shape index (κ2) is 10.6. The number of carbonyl (C=O) groups is 2. The van der Waals surface area contributed by atoms with Crippen molar-refractivity contribution < 1.29 is 14.3 Å². The molecule has 0 aliphatic rings. The highest BCUT2D eigenvalue weighted by molar-refractivity contribution is 9.10. The summed E-state index contributed by atoms with van der Waals surface area (Å²) in [6, 6.07) is 18.3. The Morgan fingerprint density at radius 1 is 1.13 bits per heavy atom. The first kappa shape index (κ1) is 23.1. The van der Waals surface area contributed by atoms with Crippen LogP contribution in [0.3, 0.4) is 0 Å². The summed E-state index contributed by atoms with van der Waals surface area (Å²) in [7, 11) is 0. The normalized spacial score (nSPS) is 11.7. The van der Waals surface area contributed by atoms with Gasteiger partial charge >= 0.3 is 0 Å². The monoisotopic (exact) mass is 502 g/mol. The number of halogens is 2. The van der Waals surface area contributed by atoms with Crippen molar-refractivity contribution in [1.29, 1.82) is 0 Å². The summed E-state index contributed by atoms with van der Waals surface area (Å²) >= 11 is 9.67. The molecule has 7 heteroatoms. The van der Waals surface area contributed by atoms with Crippen molar-refractivity contribution in [2.75, 3.05) is 13.2 Å². The van der Waals surface area contributed by atoms with E-state index in [1.54, 1.807) is 19.1 Å². The topological polar surface area (TPSA) is 58.6 Å². The van der Waals surface area contributed by atoms with Crippen LogP contribution in [0.5, 0.6) is 5.75 Å². The zero-order valence-electron chi connectivity index (χ0n) is 17.4. The van der Waals surface area contributed by atoms with Crippen molar-refractivity contribution in [1.82, 2.24) is 10.2 Å². The predicted molar refractivity (Wildman–Crippen MR) is 127 cm³/mol. The van der Waals surface area contributed by atoms with Crippen molar-refractivity contribution in [2.24, 2.45) is 0 Å². The molecule has 3 aromatic carbocycles. The standard InChI is InChI=1S/C24H24BrClN2O3/c1-3-27-24(30)16(2)28(14-17-7-6-9-19(26)13-17)22(29)15-31-21-12-11-18-8-4-5-10-20(18)23(21)25/h4-13,16H,3,14-15H2,1-2H3,(H,27,30)/t16-/m1/s1. The molecule has 0 unspecified atom stereocenters. The van der Waals surface area contributed by atoms with Crippen molar-refractivity contribution in [3.8, 4) is 5.75 Å². The van der Waals surface area contributed by atoms with Gasteiger partial charge in [-0.2, -0.15) is 0 Å². The molecule has 0 spiro atoms. The molecule has 1 atom stereocenters. The molecule has 0 aliphatic carbocycles. The van der Waals surface area contributed by atoms with Gasteiger partial charge in [-0.25, -0.2) is 0 Å². The number of amides is 2. The van der Waals surface area contributed by atoms with Gasteiger partial charge in [-0.1, -0.05) is 54.1 Å². The Hall–Kier alpha value is -2.57. The minimum atomic E-state index is -0.657. The first-order valence-corrected chi connectivity index (χ1v) is 11.2. The summed E-state index contributed by atoms with van der Waals surface area (Å²) < 4.78 is 6.63. The van der Waals surface area contributed by atoms with E-state index in [1.165, 1.54) is 4.90 Å². The highest BCUT2D eigenvalue weighted by Gasteiger charge is 2.26. The molecule has 162 valence electrons. The lowest BCUT2D eigenvalue weighted by Crippen LogP contribution is -2.49. The first-order chi connectivity index (χ1) is 14.9. The smallest absolute Gasteiger partial charge is 0.261 e. The van der Waals surface area contributed by atoms with E-state index in [9.17, 15) is 9.59 Å². The van der Waals surface area contributed by atoms with E-state index in [0.29, 0.717) is 17.3 Å². The maximum absolute atomic E-state index is 13.1. The number of likely N-dealkylation sites (N-methyl/N-ethyl adjacent to an activating group) is 1. The number of rotatable bonds is 8. The molecule has 0 aromatic heterocycles. The molecule has 0 bridgehead atoms. The predicted octanol–water partition coefficient (Wildman–Crippen LogP) is 5.19. The Morgan fingerprint density at radius 3 is 2.65 bits per heavy atom. The molecule has 1 N–H and O–H groups in total. The van der Waals surface area contributed by atoms with Gasteiger partial charge in [0.15, 0.2) is 6.61 Å². The van der Waals surface area contributed by atoms with Gasteiger partial charge < -0.3 is 15.0 Å². The minimum Gasteiger partial charge on any atom is -0.483 e. The molecule has 5 nitrogen and oxygen atoms in total. The fourth-order valence-corrected chi connectivity index (χ4v) is 4.10. The summed E-state index contributed by atoms with van der Waals surface area (Å²) in [5, 5.41) is 5.42. The number of carbonyl (C=O) groups excluding carboxylic acids is 2. The van der Waals surface area contributed by atoms with Crippen LogP contribution in [0.1, 0.15) is 19.4 Å². The Labute approximate surface area is 195 Å². The SMILES string of the molecule is CCNC(=O)[C@@H](C)N(Cc1cccc(Cl)c1)C(=O)COc1ccc2ccccc2c1Br. The van der Waals surface area contributed by atoms with Crippen LogP contribution >= 0.6 is 27.5 Å². The molecule has 0 fully saturated rings. The van der Waals surface area contributed by atoms with Gasteiger partial charge in [-0.15, -0.1) is 0 Å². The molecule has 0 aliphatic heterocycles. The second-order valence-electron chi connectivity index (χ2n) is 7.11. The van der Waals surface area contributed by atoms with Crippen LogP contribution in [0.25, 0.3) is 10.8 Å². The average Bonchev–Trinajstić information content (AvgIpc) is 2.77. The van der Waals surface area contributed by atoms with Gasteiger partial charge in [0.1, 0.15) is 11.8 Å². The maximum atomic E-state index is 13.1. The quantitative estimate of drug-likeness (QED) is 0.460. The number of hydrogen-bond acceptors (Lipinski definition) is 3. The minimum absolute atomic E-state index is 0.193. The van der Waals surface area contributed by atoms with E-state index < -0.39 is 6.04 Å². The second-order valence-corrected chi connectivity index (χ2v) is 8.34. The van der Waals surface area contributed by atoms with E-state index in [0.717, 1.165) is 20.8 Å². The molecule has 0 radical (unpaired) electrons. The number of ether oxygens (including phenoxy) is 1. The van der Waals surface area contributed by atoms with Crippen LogP contribution in [0, 0.1) is 0 Å². The maximum Gasteiger partial charge on any atom is 0.261 e. The molecule has 3 rings (SSSR count). The highest BCUT2D eigenvalue weighted by atomic mass is 79.9. The Bertz CT molecular complexity index is 1090. The fourth-order valence-electron chi connectivity index (χ4n) is 3.28. The molecule has 2 amide bonds. The van der Waals surface area contributed by atoms with E-state index in [2.05, 4.69) is 21.2 Å². The summed E-state index contributed by atoms with van der Waals surface area (Å²) in [6.45, 7) is 4.09. The van der Waals surface area contributed by atoms with Crippen LogP contribution in [-0.4, -0.2) is 35.9 Å². The van der Waals surface area contributed by atoms with Gasteiger partial charge in [0.2, 0.25) is 5.91 Å². The molecule has 31 heavy (non-hydrogen) atoms. The fraction of sp³-hybridized carbons (Fsp3) is 0.250. The number of hydrogen-bond donors (Lipinski definition) is 1. The van der Waals surface area contributed by atoms with Crippen LogP contribution in [0.2, 0.25) is 5.02 Å². The van der Waals surface area contributed by atoms with Gasteiger partial charge in [-0.05, 0) is 64.3 Å². The van der Waals surface area contributed by atoms with Gasteiger partial charge in [0, 0.05) is 18.1 Å². The molecule has 3 aromatic rings. The summed E-state index contributed by atoms with van der Waals surface area (Å²) in [5.74, 6) is 0.0592. The molecular weight excluding hydrogens is 480 g/mol. The van der Waals surface area contributed by atoms with E-state index >= 15 is 0 Å². The molecule has 0 saturated heterocycles. The third-order valence-electron chi connectivity index (χ3n) is 4.94. The van der Waals surface area contributed by atoms with E-state index in [4.69, 9.17) is 16.3 Å². The summed E-state index contributed by atoms with van der Waals surface area (Å²) in [6.07, 6.45) is 0. The van der Waals surface area contributed by atoms with Crippen molar-refractivity contribution in [3.63, 3.8) is 0 Å². The Morgan fingerprint density at radius 2 is 1.90 bits per heavy atom. The number of benzene rings is 3. The largest absolute Gasteiger partial charge is 0.483 e. The van der Waals surface area contributed by atoms with Crippen LogP contribution < -0.4 is 10.1 Å². The molecular formula is C24H24BrClN2O3. The highest BCUT2D eigenvalue weighted by Crippen LogP contribution is 2.33. The Balaban J connectivity index is 1.79. The van der Waals surface area contributed by atoms with E-state index in [-0.39, 0.29) is 25.0 Å². The van der Waals surface area contributed by atoms with Crippen LogP contribution in [0.4, 0.5) is 0 Å². The van der Waals surface area contributed by atoms with Crippen molar-refractivity contribution in [3.05, 3.63) is 75.7 Å². The van der Waals surface area contributed by atoms with Crippen LogP contribution in [0.15, 0.2) is 65.1 Å². The number of nitrogens with zero attached hydrogens (tertiary/aromatic N) is 1. The first-order valence-electron chi connectivity index (χ1n) is 10.0. The third-order valence-corrected chi connectivity index (χ3v) is 5.99. The third kappa shape index (κ3) is 5.77. The number of nitrogens with one attached hydrogen (secondary N) is 1. The lowest BCUT2D eigenvalue weighted by Gasteiger charge is -2.28. The van der Waals surface area contributed by atoms with Gasteiger partial charge in [-0.3, -0.25) is 9.59 Å². The van der Waals surface area contributed by atoms with Gasteiger partial charge in [0.25, 0.3) is 5.91 Å². The Kier molecular flexibility index (Phi) is 7.93. The summed E-state index contributed by atoms with van der Waals surface area (Å²) in [4.78, 5) is 27.1. The lowest BCUT2D eigenvalue weighted by atomic mass is 10.1. The zero-order chi connectivity index (χ0) is 22.4. The molecule has 0 saturated carbocycles. The van der Waals surface area contributed by atoms with Crippen LogP contribution in [-0.2, 0) is 16.1 Å². The van der Waals surface area contributed by atoms with Crippen molar-refractivity contribution in [2.45, 2.75) is 26.4 Å². The average molecular weight is 504 g/mol. The van der Waals surface area contributed by atoms with Gasteiger partial charge in [0.05, 0.1) is 4.47 Å². The van der Waals surface area contributed by atoms with Crippen molar-refractivity contribution >= 4 is 50.1 Å². The zero-order valence-corrected chi connectivity index (χ0v) is 19.7. The van der Waals surface area contributed by atoms with E-state index in [1.807, 2.05) is 55.5 Å².